The Bertz CT molecular complexity index is 1080. The van der Waals surface area contributed by atoms with E-state index in [-0.39, 0.29) is 5.91 Å². The summed E-state index contributed by atoms with van der Waals surface area (Å²) in [6, 6.07) is 13.9. The van der Waals surface area contributed by atoms with Crippen LogP contribution in [0.3, 0.4) is 0 Å². The molecule has 2 heterocycles. The quantitative estimate of drug-likeness (QED) is 0.540. The van der Waals surface area contributed by atoms with Gasteiger partial charge in [0.05, 0.1) is 18.7 Å². The van der Waals surface area contributed by atoms with Gasteiger partial charge < -0.3 is 9.64 Å². The number of carbonyl (C=O) groups excluding carboxylic acids is 1. The molecule has 1 fully saturated rings. The zero-order valence-corrected chi connectivity index (χ0v) is 17.8. The summed E-state index contributed by atoms with van der Waals surface area (Å²) >= 11 is 0. The van der Waals surface area contributed by atoms with Crippen molar-refractivity contribution in [2.24, 2.45) is 0 Å². The third kappa shape index (κ3) is 6.07. The van der Waals surface area contributed by atoms with E-state index in [2.05, 4.69) is 9.97 Å². The van der Waals surface area contributed by atoms with E-state index in [1.165, 1.54) is 6.07 Å². The number of halogens is 3. The number of carbonyl (C=O) groups is 1. The molecule has 1 aliphatic rings. The molecule has 1 amide bonds. The first-order valence-electron chi connectivity index (χ1n) is 10.5. The van der Waals surface area contributed by atoms with Gasteiger partial charge in [-0.1, -0.05) is 24.3 Å². The molecule has 0 bridgehead atoms. The summed E-state index contributed by atoms with van der Waals surface area (Å²) in [4.78, 5) is 24.5. The van der Waals surface area contributed by atoms with Crippen LogP contribution in [0.25, 0.3) is 11.1 Å². The van der Waals surface area contributed by atoms with Crippen molar-refractivity contribution < 1.29 is 22.7 Å². The van der Waals surface area contributed by atoms with E-state index >= 15 is 0 Å². The van der Waals surface area contributed by atoms with E-state index in [0.29, 0.717) is 55.5 Å². The SMILES string of the molecule is O=C1CN(CCOc2ccc(-c3cccc(C(F)(F)F)c3)cc2)CCN1Cc1ncccn1. The molecule has 172 valence electrons. The zero-order valence-electron chi connectivity index (χ0n) is 17.8. The highest BCUT2D eigenvalue weighted by molar-refractivity contribution is 5.78. The highest BCUT2D eigenvalue weighted by Gasteiger charge is 2.30. The van der Waals surface area contributed by atoms with Crippen LogP contribution < -0.4 is 4.74 Å². The number of benzene rings is 2. The third-order valence-corrected chi connectivity index (χ3v) is 5.40. The van der Waals surface area contributed by atoms with Gasteiger partial charge in [0.2, 0.25) is 5.91 Å². The number of piperazine rings is 1. The smallest absolute Gasteiger partial charge is 0.416 e. The van der Waals surface area contributed by atoms with Crippen LogP contribution in [0.15, 0.2) is 67.0 Å². The summed E-state index contributed by atoms with van der Waals surface area (Å²) in [5.41, 5.74) is 0.498. The minimum Gasteiger partial charge on any atom is -0.492 e. The summed E-state index contributed by atoms with van der Waals surface area (Å²) in [6.45, 7) is 3.04. The van der Waals surface area contributed by atoms with E-state index in [4.69, 9.17) is 4.74 Å². The number of nitrogens with zero attached hydrogens (tertiary/aromatic N) is 4. The summed E-state index contributed by atoms with van der Waals surface area (Å²) in [5.74, 6) is 1.27. The molecule has 0 unspecified atom stereocenters. The van der Waals surface area contributed by atoms with Crippen LogP contribution in [0.4, 0.5) is 13.2 Å². The maximum Gasteiger partial charge on any atom is 0.416 e. The Labute approximate surface area is 189 Å². The van der Waals surface area contributed by atoms with Crippen LogP contribution in [0.2, 0.25) is 0 Å². The normalized spacial score (nSPS) is 15.0. The molecule has 9 heteroatoms. The molecule has 0 atom stereocenters. The standard InChI is InChI=1S/C24H23F3N4O2/c25-24(26,27)20-4-1-3-19(15-20)18-5-7-21(8-6-18)33-14-13-30-11-12-31(23(32)17-30)16-22-28-9-2-10-29-22/h1-10,15H,11-14,16-17H2. The summed E-state index contributed by atoms with van der Waals surface area (Å²) in [6.07, 6.45) is -1.06. The summed E-state index contributed by atoms with van der Waals surface area (Å²) < 4.78 is 44.6. The number of amides is 1. The molecule has 0 saturated carbocycles. The molecule has 1 saturated heterocycles. The number of hydrogen-bond acceptors (Lipinski definition) is 5. The maximum absolute atomic E-state index is 12.9. The van der Waals surface area contributed by atoms with Gasteiger partial charge in [-0.25, -0.2) is 9.97 Å². The molecule has 1 aliphatic heterocycles. The van der Waals surface area contributed by atoms with Crippen molar-refractivity contribution in [2.45, 2.75) is 12.7 Å². The predicted octanol–water partition coefficient (Wildman–Crippen LogP) is 3.89. The average Bonchev–Trinajstić information content (AvgIpc) is 2.81. The Kier molecular flexibility index (Phi) is 6.88. The lowest BCUT2D eigenvalue weighted by Crippen LogP contribution is -2.50. The summed E-state index contributed by atoms with van der Waals surface area (Å²) in [5, 5.41) is 0. The van der Waals surface area contributed by atoms with Gasteiger partial charge in [0.1, 0.15) is 18.2 Å². The van der Waals surface area contributed by atoms with Crippen LogP contribution in [-0.4, -0.2) is 58.5 Å². The van der Waals surface area contributed by atoms with E-state index in [0.717, 1.165) is 18.7 Å². The highest BCUT2D eigenvalue weighted by Crippen LogP contribution is 2.32. The van der Waals surface area contributed by atoms with Crippen molar-refractivity contribution in [1.29, 1.82) is 0 Å². The molecule has 0 aliphatic carbocycles. The minimum atomic E-state index is -4.37. The zero-order chi connectivity index (χ0) is 23.3. The molecule has 0 radical (unpaired) electrons. The topological polar surface area (TPSA) is 58.6 Å². The lowest BCUT2D eigenvalue weighted by Gasteiger charge is -2.33. The first-order valence-corrected chi connectivity index (χ1v) is 10.5. The molecule has 3 aromatic rings. The third-order valence-electron chi connectivity index (χ3n) is 5.40. The van der Waals surface area contributed by atoms with Gasteiger partial charge in [-0.15, -0.1) is 0 Å². The van der Waals surface area contributed by atoms with Gasteiger partial charge in [0.15, 0.2) is 0 Å². The van der Waals surface area contributed by atoms with E-state index < -0.39 is 11.7 Å². The first kappa shape index (κ1) is 22.7. The Morgan fingerprint density at radius 2 is 1.70 bits per heavy atom. The van der Waals surface area contributed by atoms with E-state index in [1.54, 1.807) is 53.7 Å². The average molecular weight is 456 g/mol. The summed E-state index contributed by atoms with van der Waals surface area (Å²) in [7, 11) is 0. The Balaban J connectivity index is 1.25. The molecule has 33 heavy (non-hydrogen) atoms. The molecule has 2 aromatic carbocycles. The minimum absolute atomic E-state index is 0.0270. The molecule has 1 aromatic heterocycles. The second kappa shape index (κ2) is 9.99. The highest BCUT2D eigenvalue weighted by atomic mass is 19.4. The number of ether oxygens (including phenoxy) is 1. The number of alkyl halides is 3. The lowest BCUT2D eigenvalue weighted by molar-refractivity contribution is -0.138. The van der Waals surface area contributed by atoms with E-state index in [9.17, 15) is 18.0 Å². The number of rotatable bonds is 7. The number of hydrogen-bond donors (Lipinski definition) is 0. The predicted molar refractivity (Wildman–Crippen MR) is 116 cm³/mol. The second-order valence-electron chi connectivity index (χ2n) is 7.71. The first-order chi connectivity index (χ1) is 15.9. The van der Waals surface area contributed by atoms with Crippen molar-refractivity contribution in [3.05, 3.63) is 78.4 Å². The Hall–Kier alpha value is -3.46. The van der Waals surface area contributed by atoms with Crippen LogP contribution in [0.1, 0.15) is 11.4 Å². The van der Waals surface area contributed by atoms with Gasteiger partial charge in [0, 0.05) is 32.0 Å². The van der Waals surface area contributed by atoms with Gasteiger partial charge in [-0.2, -0.15) is 13.2 Å². The van der Waals surface area contributed by atoms with Crippen LogP contribution in [-0.2, 0) is 17.5 Å². The second-order valence-corrected chi connectivity index (χ2v) is 7.71. The fourth-order valence-corrected chi connectivity index (χ4v) is 3.61. The molecule has 6 nitrogen and oxygen atoms in total. The van der Waals surface area contributed by atoms with Crippen LogP contribution in [0.5, 0.6) is 5.75 Å². The fourth-order valence-electron chi connectivity index (χ4n) is 3.61. The van der Waals surface area contributed by atoms with Crippen LogP contribution >= 0.6 is 0 Å². The molecule has 0 N–H and O–H groups in total. The maximum atomic E-state index is 12.9. The number of aromatic nitrogens is 2. The molecular formula is C24H23F3N4O2. The monoisotopic (exact) mass is 456 g/mol. The molecule has 0 spiro atoms. The molecular weight excluding hydrogens is 433 g/mol. The van der Waals surface area contributed by atoms with Gasteiger partial charge >= 0.3 is 6.18 Å². The van der Waals surface area contributed by atoms with E-state index in [1.807, 2.05) is 4.90 Å². The van der Waals surface area contributed by atoms with Gasteiger partial charge in [0.25, 0.3) is 0 Å². The van der Waals surface area contributed by atoms with Gasteiger partial charge in [-0.3, -0.25) is 9.69 Å². The van der Waals surface area contributed by atoms with Gasteiger partial charge in [-0.05, 0) is 41.5 Å². The van der Waals surface area contributed by atoms with Crippen molar-refractivity contribution >= 4 is 5.91 Å². The van der Waals surface area contributed by atoms with Crippen LogP contribution in [0, 0.1) is 0 Å². The largest absolute Gasteiger partial charge is 0.492 e. The fraction of sp³-hybridized carbons (Fsp3) is 0.292. The Morgan fingerprint density at radius 1 is 0.939 bits per heavy atom. The molecule has 4 rings (SSSR count). The van der Waals surface area contributed by atoms with Crippen molar-refractivity contribution in [1.82, 2.24) is 19.8 Å². The Morgan fingerprint density at radius 3 is 2.39 bits per heavy atom. The van der Waals surface area contributed by atoms with Crippen molar-refractivity contribution in [3.8, 4) is 16.9 Å². The lowest BCUT2D eigenvalue weighted by atomic mass is 10.0. The van der Waals surface area contributed by atoms with Crippen molar-refractivity contribution in [2.75, 3.05) is 32.8 Å². The van der Waals surface area contributed by atoms with Crippen molar-refractivity contribution in [3.63, 3.8) is 0 Å².